The Hall–Kier alpha value is -1.08. The van der Waals surface area contributed by atoms with Crippen LogP contribution in [0, 0.1) is 0 Å². The molecule has 0 saturated heterocycles. The second-order valence-corrected chi connectivity index (χ2v) is 1.16. The highest BCUT2D eigenvalue weighted by Gasteiger charge is 1.88. The number of hydrazone groups is 1. The molecule has 3 nitrogen and oxygen atoms in total. The lowest BCUT2D eigenvalue weighted by Crippen LogP contribution is -2.14. The molecule has 1 N–H and O–H groups in total. The van der Waals surface area contributed by atoms with Gasteiger partial charge in [-0.3, -0.25) is 4.79 Å². The van der Waals surface area contributed by atoms with Crippen LogP contribution in [0.5, 0.6) is 0 Å². The number of carbonyl (C=O) groups is 1. The molecule has 0 aromatic carbocycles. The van der Waals surface area contributed by atoms with Gasteiger partial charge in [-0.25, -0.2) is 5.43 Å². The minimum Gasteiger partial charge on any atom is -0.273 e. The average molecular weight is 112 g/mol. The van der Waals surface area contributed by atoms with Gasteiger partial charge in [0.15, 0.2) is 0 Å². The zero-order chi connectivity index (χ0) is 6.41. The predicted octanol–water partition coefficient (Wildman–Crippen LogP) is 0.283. The lowest BCUT2D eigenvalue weighted by molar-refractivity contribution is -0.120. The number of hydrogen-bond donors (Lipinski definition) is 1. The van der Waals surface area contributed by atoms with E-state index in [2.05, 4.69) is 23.0 Å². The summed E-state index contributed by atoms with van der Waals surface area (Å²) >= 11 is 0. The number of nitrogens with zero attached hydrogens (tertiary/aromatic N) is 1. The molecule has 0 saturated carbocycles. The van der Waals surface area contributed by atoms with Crippen molar-refractivity contribution in [3.63, 3.8) is 0 Å². The van der Waals surface area contributed by atoms with Crippen molar-refractivity contribution >= 4 is 11.8 Å². The third kappa shape index (κ3) is 3.12. The Morgan fingerprint density at radius 3 is 3.00 bits per heavy atom. The predicted molar refractivity (Wildman–Crippen MR) is 31.5 cm³/mol. The third-order valence-corrected chi connectivity index (χ3v) is 0.581. The molecule has 0 aromatic rings. The van der Waals surface area contributed by atoms with Crippen LogP contribution in [0.1, 0.15) is 13.3 Å². The van der Waals surface area contributed by atoms with Crippen LogP contribution in [-0.2, 0) is 4.79 Å². The third-order valence-electron chi connectivity index (χ3n) is 0.581. The zero-order valence-corrected chi connectivity index (χ0v) is 4.77. The lowest BCUT2D eigenvalue weighted by atomic mass is 10.5. The van der Waals surface area contributed by atoms with Gasteiger partial charge >= 0.3 is 0 Å². The van der Waals surface area contributed by atoms with Crippen LogP contribution in [0.4, 0.5) is 0 Å². The normalized spacial score (nSPS) is 7.12. The van der Waals surface area contributed by atoms with Crippen molar-refractivity contribution in [1.82, 2.24) is 5.43 Å². The van der Waals surface area contributed by atoms with Gasteiger partial charge in [-0.05, 0) is 6.58 Å². The van der Waals surface area contributed by atoms with Crippen LogP contribution in [0.3, 0.4) is 0 Å². The van der Waals surface area contributed by atoms with Crippen LogP contribution < -0.4 is 5.43 Å². The van der Waals surface area contributed by atoms with E-state index in [-0.39, 0.29) is 5.91 Å². The van der Waals surface area contributed by atoms with Crippen LogP contribution in [0.25, 0.3) is 0 Å². The van der Waals surface area contributed by atoms with Gasteiger partial charge in [0.2, 0.25) is 5.91 Å². The smallest absolute Gasteiger partial charge is 0.240 e. The molecule has 44 valence electrons. The lowest BCUT2D eigenvalue weighted by Gasteiger charge is -1.87. The Kier molecular flexibility index (Phi) is 3.54. The highest BCUT2D eigenvalue weighted by molar-refractivity contribution is 5.75. The first-order chi connectivity index (χ1) is 3.81. The monoisotopic (exact) mass is 112 g/mol. The molecule has 0 unspecified atom stereocenters. The molecule has 1 amide bonds. The summed E-state index contributed by atoms with van der Waals surface area (Å²) in [5.41, 5.74) is 2.19. The number of hydrogen-bond acceptors (Lipinski definition) is 2. The van der Waals surface area contributed by atoms with Crippen LogP contribution in [-0.4, -0.2) is 11.8 Å². The van der Waals surface area contributed by atoms with Crippen LogP contribution >= 0.6 is 0 Å². The van der Waals surface area contributed by atoms with Gasteiger partial charge in [-0.2, -0.15) is 0 Å². The van der Waals surface area contributed by atoms with Crippen LogP contribution in [0.2, 0.25) is 0 Å². The second-order valence-electron chi connectivity index (χ2n) is 1.16. The Balaban J connectivity index is 3.39. The van der Waals surface area contributed by atoms with E-state index in [1.807, 2.05) is 0 Å². The maximum atomic E-state index is 10.3. The molecule has 3 heteroatoms. The van der Waals surface area contributed by atoms with Crippen molar-refractivity contribution in [1.29, 1.82) is 0 Å². The molecule has 0 bridgehead atoms. The standard InChI is InChI=1S/C5H8N2O/c1-3-5(8)7-6-4-2/h2-3H2,1H3,(H,7,8). The number of carbonyl (C=O) groups excluding carboxylic acids is 1. The fourth-order valence-corrected chi connectivity index (χ4v) is 0.181. The Bertz CT molecular complexity index is 124. The largest absolute Gasteiger partial charge is 0.273 e. The van der Waals surface area contributed by atoms with Gasteiger partial charge in [0.1, 0.15) is 0 Å². The molecule has 8 heavy (non-hydrogen) atoms. The van der Waals surface area contributed by atoms with E-state index in [1.54, 1.807) is 6.92 Å². The molecule has 0 spiro atoms. The summed E-state index contributed by atoms with van der Waals surface area (Å²) in [6, 6.07) is 0. The first-order valence-electron chi connectivity index (χ1n) is 2.32. The summed E-state index contributed by atoms with van der Waals surface area (Å²) in [6.45, 7) is 4.90. The zero-order valence-electron chi connectivity index (χ0n) is 4.77. The van der Waals surface area contributed by atoms with E-state index in [4.69, 9.17) is 0 Å². The molecule has 0 aliphatic carbocycles. The van der Waals surface area contributed by atoms with Gasteiger partial charge in [-0.1, -0.05) is 6.92 Å². The SMILES string of the molecule is C=C=NNC(=O)CC. The van der Waals surface area contributed by atoms with Crippen LogP contribution in [0.15, 0.2) is 11.7 Å². The summed E-state index contributed by atoms with van der Waals surface area (Å²) < 4.78 is 0. The summed E-state index contributed by atoms with van der Waals surface area (Å²) in [5, 5.41) is 3.28. The summed E-state index contributed by atoms with van der Waals surface area (Å²) in [6.07, 6.45) is 0.436. The van der Waals surface area contributed by atoms with E-state index in [9.17, 15) is 4.79 Å². The van der Waals surface area contributed by atoms with Crippen molar-refractivity contribution in [3.05, 3.63) is 6.58 Å². The van der Waals surface area contributed by atoms with Crippen molar-refractivity contribution in [3.8, 4) is 0 Å². The Labute approximate surface area is 48.1 Å². The Morgan fingerprint density at radius 1 is 2.00 bits per heavy atom. The molecule has 0 aliphatic rings. The van der Waals surface area contributed by atoms with Crippen molar-refractivity contribution in [2.75, 3.05) is 0 Å². The fourth-order valence-electron chi connectivity index (χ4n) is 0.181. The molecular formula is C5H8N2O. The number of nitrogens with one attached hydrogen (secondary N) is 1. The molecule has 0 atom stereocenters. The summed E-state index contributed by atoms with van der Waals surface area (Å²) in [7, 11) is 0. The van der Waals surface area contributed by atoms with E-state index < -0.39 is 0 Å². The molecule has 0 rings (SSSR count). The van der Waals surface area contributed by atoms with E-state index in [1.165, 1.54) is 0 Å². The first kappa shape index (κ1) is 6.92. The maximum absolute atomic E-state index is 10.3. The molecule has 0 aliphatic heterocycles. The number of rotatable bonds is 2. The molecular weight excluding hydrogens is 104 g/mol. The fraction of sp³-hybridized carbons (Fsp3) is 0.400. The number of amides is 1. The highest BCUT2D eigenvalue weighted by atomic mass is 16.2. The average Bonchev–Trinajstić information content (AvgIpc) is 1.83. The second kappa shape index (κ2) is 4.09. The topological polar surface area (TPSA) is 41.5 Å². The van der Waals surface area contributed by atoms with Gasteiger partial charge in [0.05, 0.1) is 0 Å². The minimum absolute atomic E-state index is 0.124. The quantitative estimate of drug-likeness (QED) is 0.404. The molecule has 0 radical (unpaired) electrons. The van der Waals surface area contributed by atoms with Gasteiger partial charge in [0.25, 0.3) is 0 Å². The highest BCUT2D eigenvalue weighted by Crippen LogP contribution is 1.71. The van der Waals surface area contributed by atoms with E-state index >= 15 is 0 Å². The van der Waals surface area contributed by atoms with Crippen molar-refractivity contribution in [2.45, 2.75) is 13.3 Å². The van der Waals surface area contributed by atoms with Gasteiger partial charge in [0, 0.05) is 12.3 Å². The van der Waals surface area contributed by atoms with Crippen molar-refractivity contribution < 1.29 is 4.79 Å². The van der Waals surface area contributed by atoms with Gasteiger partial charge < -0.3 is 0 Å². The van der Waals surface area contributed by atoms with Gasteiger partial charge in [-0.15, -0.1) is 5.10 Å². The molecule has 0 fully saturated rings. The summed E-state index contributed by atoms with van der Waals surface area (Å²) in [5.74, 6) is 2.05. The summed E-state index contributed by atoms with van der Waals surface area (Å²) in [4.78, 5) is 10.3. The van der Waals surface area contributed by atoms with E-state index in [0.29, 0.717) is 6.42 Å². The minimum atomic E-state index is -0.124. The molecule has 0 heterocycles. The first-order valence-corrected chi connectivity index (χ1v) is 2.32. The maximum Gasteiger partial charge on any atom is 0.240 e. The van der Waals surface area contributed by atoms with Crippen molar-refractivity contribution in [2.24, 2.45) is 5.10 Å². The van der Waals surface area contributed by atoms with E-state index in [0.717, 1.165) is 0 Å². The Morgan fingerprint density at radius 2 is 2.62 bits per heavy atom. The molecule has 0 aromatic heterocycles.